The third-order valence-corrected chi connectivity index (χ3v) is 3.93. The van der Waals surface area contributed by atoms with Crippen LogP contribution < -0.4 is 5.32 Å². The summed E-state index contributed by atoms with van der Waals surface area (Å²) in [5.74, 6) is 1.66. The Morgan fingerprint density at radius 3 is 3.11 bits per heavy atom. The van der Waals surface area contributed by atoms with Crippen LogP contribution in [0.25, 0.3) is 11.2 Å². The van der Waals surface area contributed by atoms with E-state index in [0.717, 1.165) is 35.0 Å². The maximum absolute atomic E-state index is 4.31. The van der Waals surface area contributed by atoms with Gasteiger partial charge in [-0.15, -0.1) is 11.8 Å². The van der Waals surface area contributed by atoms with Gasteiger partial charge >= 0.3 is 0 Å². The summed E-state index contributed by atoms with van der Waals surface area (Å²) in [5, 5.41) is 4.42. The number of aromatic amines is 1. The maximum atomic E-state index is 4.31. The summed E-state index contributed by atoms with van der Waals surface area (Å²) in [5.41, 5.74) is 1.68. The van der Waals surface area contributed by atoms with Gasteiger partial charge in [-0.3, -0.25) is 0 Å². The summed E-state index contributed by atoms with van der Waals surface area (Å²) in [6.07, 6.45) is 4.42. The van der Waals surface area contributed by atoms with Crippen molar-refractivity contribution in [2.24, 2.45) is 5.92 Å². The Bertz CT molecular complexity index is 484. The molecule has 0 bridgehead atoms. The lowest BCUT2D eigenvalue weighted by atomic mass is 10.2. The molecule has 0 spiro atoms. The maximum Gasteiger partial charge on any atom is 0.181 e. The molecule has 5 nitrogen and oxygen atoms in total. The van der Waals surface area contributed by atoms with Gasteiger partial charge in [-0.2, -0.15) is 0 Å². The van der Waals surface area contributed by atoms with Gasteiger partial charge in [0.15, 0.2) is 5.65 Å². The monoisotopic (exact) mass is 265 g/mol. The van der Waals surface area contributed by atoms with Crippen LogP contribution in [-0.4, -0.2) is 38.8 Å². The number of nitrogens with zero attached hydrogens (tertiary/aromatic N) is 3. The molecule has 2 N–H and O–H groups in total. The highest BCUT2D eigenvalue weighted by molar-refractivity contribution is 7.99. The topological polar surface area (TPSA) is 66.5 Å². The van der Waals surface area contributed by atoms with Crippen LogP contribution in [0.15, 0.2) is 17.7 Å². The van der Waals surface area contributed by atoms with Gasteiger partial charge in [0.2, 0.25) is 0 Å². The molecular weight excluding hydrogens is 246 g/mol. The van der Waals surface area contributed by atoms with Crippen molar-refractivity contribution < 1.29 is 0 Å². The molecule has 0 saturated heterocycles. The number of thioether (sulfide) groups is 1. The third kappa shape index (κ3) is 3.43. The molecule has 2 aromatic heterocycles. The second-order valence-corrected chi connectivity index (χ2v) is 5.41. The molecule has 1 atom stereocenters. The lowest BCUT2D eigenvalue weighted by Gasteiger charge is -2.11. The van der Waals surface area contributed by atoms with Crippen molar-refractivity contribution in [3.05, 3.63) is 12.7 Å². The molecule has 0 aliphatic carbocycles. The molecule has 0 amide bonds. The highest BCUT2D eigenvalue weighted by atomic mass is 32.2. The van der Waals surface area contributed by atoms with Gasteiger partial charge in [0.05, 0.1) is 6.33 Å². The zero-order valence-electron chi connectivity index (χ0n) is 10.8. The molecule has 98 valence electrons. The molecule has 1 unspecified atom stereocenters. The molecule has 0 aliphatic heterocycles. The summed E-state index contributed by atoms with van der Waals surface area (Å²) in [6.45, 7) is 6.58. The van der Waals surface area contributed by atoms with E-state index in [1.165, 1.54) is 6.42 Å². The molecule has 6 heteroatoms. The van der Waals surface area contributed by atoms with Gasteiger partial charge in [-0.05, 0) is 25.4 Å². The van der Waals surface area contributed by atoms with E-state index in [1.807, 2.05) is 0 Å². The SMILES string of the molecule is CCCNCC(C)CSc1ncnc2nc[nH]c12. The van der Waals surface area contributed by atoms with Crippen molar-refractivity contribution in [2.75, 3.05) is 18.8 Å². The fraction of sp³-hybridized carbons (Fsp3) is 0.583. The standard InChI is InChI=1S/C12H19N5S/c1-3-4-13-5-9(2)6-18-12-10-11(15-7-14-10)16-8-17-12/h7-9,13H,3-6H2,1-2H3,(H,14,15,16,17). The molecule has 0 saturated carbocycles. The number of hydrogen-bond donors (Lipinski definition) is 2. The van der Waals surface area contributed by atoms with Crippen LogP contribution in [0, 0.1) is 5.92 Å². The van der Waals surface area contributed by atoms with E-state index in [2.05, 4.69) is 39.1 Å². The average Bonchev–Trinajstić information content (AvgIpc) is 2.85. The number of H-pyrrole nitrogens is 1. The lowest BCUT2D eigenvalue weighted by molar-refractivity contribution is 0.557. The minimum Gasteiger partial charge on any atom is -0.341 e. The number of nitrogens with one attached hydrogen (secondary N) is 2. The number of aromatic nitrogens is 4. The molecule has 0 aromatic carbocycles. The minimum absolute atomic E-state index is 0.620. The predicted octanol–water partition coefficient (Wildman–Crippen LogP) is 2.08. The summed E-state index contributed by atoms with van der Waals surface area (Å²) in [6, 6.07) is 0. The number of hydrogen-bond acceptors (Lipinski definition) is 5. The molecule has 2 rings (SSSR count). The fourth-order valence-electron chi connectivity index (χ4n) is 1.66. The Labute approximate surface area is 111 Å². The zero-order valence-corrected chi connectivity index (χ0v) is 11.6. The molecule has 2 heterocycles. The normalized spacial score (nSPS) is 13.0. The molecule has 0 radical (unpaired) electrons. The second kappa shape index (κ2) is 6.70. The van der Waals surface area contributed by atoms with Gasteiger partial charge in [0.1, 0.15) is 16.9 Å². The Morgan fingerprint density at radius 2 is 2.28 bits per heavy atom. The van der Waals surface area contributed by atoms with Gasteiger partial charge in [0, 0.05) is 5.75 Å². The van der Waals surface area contributed by atoms with Gasteiger partial charge in [-0.1, -0.05) is 13.8 Å². The van der Waals surface area contributed by atoms with Crippen LogP contribution in [0.3, 0.4) is 0 Å². The average molecular weight is 265 g/mol. The minimum atomic E-state index is 0.620. The summed E-state index contributed by atoms with van der Waals surface area (Å²) in [4.78, 5) is 15.6. The quantitative estimate of drug-likeness (QED) is 0.456. The molecular formula is C12H19N5S. The number of fused-ring (bicyclic) bond motifs is 1. The number of rotatable bonds is 7. The van der Waals surface area contributed by atoms with Gasteiger partial charge < -0.3 is 10.3 Å². The molecule has 0 aliphatic rings. The first-order valence-electron chi connectivity index (χ1n) is 6.28. The fourth-order valence-corrected chi connectivity index (χ4v) is 2.63. The second-order valence-electron chi connectivity index (χ2n) is 4.40. The Kier molecular flexibility index (Phi) is 4.95. The summed E-state index contributed by atoms with van der Waals surface area (Å²) < 4.78 is 0. The van der Waals surface area contributed by atoms with E-state index in [1.54, 1.807) is 24.4 Å². The van der Waals surface area contributed by atoms with E-state index >= 15 is 0 Å². The first-order valence-corrected chi connectivity index (χ1v) is 7.27. The zero-order chi connectivity index (χ0) is 12.8. The summed E-state index contributed by atoms with van der Waals surface area (Å²) in [7, 11) is 0. The predicted molar refractivity (Wildman–Crippen MR) is 74.7 cm³/mol. The van der Waals surface area contributed by atoms with Crippen molar-refractivity contribution >= 4 is 22.9 Å². The Hall–Kier alpha value is -1.14. The van der Waals surface area contributed by atoms with E-state index in [4.69, 9.17) is 0 Å². The van der Waals surface area contributed by atoms with E-state index in [-0.39, 0.29) is 0 Å². The largest absolute Gasteiger partial charge is 0.341 e. The first kappa shape index (κ1) is 13.3. The van der Waals surface area contributed by atoms with Crippen LogP contribution in [0.2, 0.25) is 0 Å². The van der Waals surface area contributed by atoms with Crippen molar-refractivity contribution in [1.29, 1.82) is 0 Å². The van der Waals surface area contributed by atoms with Crippen LogP contribution in [0.4, 0.5) is 0 Å². The van der Waals surface area contributed by atoms with Crippen LogP contribution >= 0.6 is 11.8 Å². The van der Waals surface area contributed by atoms with E-state index in [0.29, 0.717) is 5.92 Å². The number of imidazole rings is 1. The van der Waals surface area contributed by atoms with Crippen LogP contribution in [-0.2, 0) is 0 Å². The van der Waals surface area contributed by atoms with Gasteiger partial charge in [0.25, 0.3) is 0 Å². The van der Waals surface area contributed by atoms with Crippen LogP contribution in [0.1, 0.15) is 20.3 Å². The smallest absolute Gasteiger partial charge is 0.181 e. The first-order chi connectivity index (χ1) is 8.81. The highest BCUT2D eigenvalue weighted by Crippen LogP contribution is 2.23. The van der Waals surface area contributed by atoms with E-state index < -0.39 is 0 Å². The Balaban J connectivity index is 1.88. The molecule has 2 aromatic rings. The van der Waals surface area contributed by atoms with Crippen molar-refractivity contribution in [1.82, 2.24) is 25.3 Å². The molecule has 18 heavy (non-hydrogen) atoms. The third-order valence-electron chi connectivity index (χ3n) is 2.61. The Morgan fingerprint density at radius 1 is 1.39 bits per heavy atom. The van der Waals surface area contributed by atoms with Crippen molar-refractivity contribution in [3.8, 4) is 0 Å². The van der Waals surface area contributed by atoms with Crippen molar-refractivity contribution in [2.45, 2.75) is 25.3 Å². The molecule has 0 fully saturated rings. The van der Waals surface area contributed by atoms with Crippen molar-refractivity contribution in [3.63, 3.8) is 0 Å². The summed E-state index contributed by atoms with van der Waals surface area (Å²) >= 11 is 1.76. The highest BCUT2D eigenvalue weighted by Gasteiger charge is 2.08. The van der Waals surface area contributed by atoms with Gasteiger partial charge in [-0.25, -0.2) is 15.0 Å². The van der Waals surface area contributed by atoms with Crippen LogP contribution in [0.5, 0.6) is 0 Å². The van der Waals surface area contributed by atoms with E-state index in [9.17, 15) is 0 Å². The lowest BCUT2D eigenvalue weighted by Crippen LogP contribution is -2.23.